The first-order chi connectivity index (χ1) is 12.4. The molecular weight excluding hydrogens is 330 g/mol. The lowest BCUT2D eigenvalue weighted by molar-refractivity contribution is -0.671. The Kier molecular flexibility index (Phi) is 6.85. The van der Waals surface area contributed by atoms with E-state index < -0.39 is 11.9 Å². The minimum Gasteiger partial charge on any atom is -0.462 e. The maximum absolute atomic E-state index is 11.7. The molecule has 1 aromatic heterocycles. The molecule has 0 aliphatic rings. The molecule has 1 heterocycles. The molecule has 0 aliphatic heterocycles. The predicted octanol–water partition coefficient (Wildman–Crippen LogP) is 3.10. The van der Waals surface area contributed by atoms with E-state index >= 15 is 0 Å². The third-order valence-corrected chi connectivity index (χ3v) is 3.47. The van der Waals surface area contributed by atoms with Gasteiger partial charge < -0.3 is 9.47 Å². The van der Waals surface area contributed by atoms with Crippen molar-refractivity contribution in [2.45, 2.75) is 13.3 Å². The van der Waals surface area contributed by atoms with E-state index in [2.05, 4.69) is 6.58 Å². The minimum atomic E-state index is -0.513. The Hall–Kier alpha value is -3.21. The highest BCUT2D eigenvalue weighted by molar-refractivity contribution is 5.87. The number of aryl methyl sites for hydroxylation is 1. The molecule has 0 unspecified atom stereocenters. The summed E-state index contributed by atoms with van der Waals surface area (Å²) in [6, 6.07) is 11.2. The predicted molar refractivity (Wildman–Crippen MR) is 99.0 cm³/mol. The third-order valence-electron chi connectivity index (χ3n) is 3.47. The maximum atomic E-state index is 11.7. The zero-order valence-electron chi connectivity index (χ0n) is 15.0. The largest absolute Gasteiger partial charge is 0.462 e. The average Bonchev–Trinajstić information content (AvgIpc) is 2.62. The molecule has 0 aliphatic carbocycles. The fraction of sp³-hybridized carbons (Fsp3) is 0.190. The molecule has 0 N–H and O–H groups in total. The molecular formula is C21H22NO4+. The number of benzene rings is 1. The van der Waals surface area contributed by atoms with Crippen LogP contribution in [0.1, 0.15) is 24.5 Å². The fourth-order valence-electron chi connectivity index (χ4n) is 2.00. The standard InChI is InChI=1S/C21H22NO4/c1-16(2)21(24)25-15-12-20(23)26-19-8-6-17(7-9-19)4-5-18-10-13-22(3)14-11-18/h4-11,13-14H,1,12,15H2,2-3H3/q+1. The zero-order valence-corrected chi connectivity index (χ0v) is 15.0. The van der Waals surface area contributed by atoms with Crippen LogP contribution < -0.4 is 9.30 Å². The summed E-state index contributed by atoms with van der Waals surface area (Å²) in [6.07, 6.45) is 7.95. The molecule has 0 spiro atoms. The van der Waals surface area contributed by atoms with Gasteiger partial charge in [-0.2, -0.15) is 0 Å². The van der Waals surface area contributed by atoms with E-state index in [-0.39, 0.29) is 13.0 Å². The van der Waals surface area contributed by atoms with Crippen LogP contribution in [0.4, 0.5) is 0 Å². The first-order valence-electron chi connectivity index (χ1n) is 8.21. The lowest BCUT2D eigenvalue weighted by atomic mass is 10.1. The Bertz CT molecular complexity index is 805. The molecule has 134 valence electrons. The van der Waals surface area contributed by atoms with Crippen molar-refractivity contribution in [3.8, 4) is 5.75 Å². The lowest BCUT2D eigenvalue weighted by Gasteiger charge is -2.06. The van der Waals surface area contributed by atoms with Crippen LogP contribution in [0.25, 0.3) is 12.2 Å². The van der Waals surface area contributed by atoms with E-state index in [4.69, 9.17) is 9.47 Å². The fourth-order valence-corrected chi connectivity index (χ4v) is 2.00. The van der Waals surface area contributed by atoms with Crippen LogP contribution in [0.3, 0.4) is 0 Å². The van der Waals surface area contributed by atoms with Crippen molar-refractivity contribution >= 4 is 24.1 Å². The van der Waals surface area contributed by atoms with E-state index in [0.717, 1.165) is 11.1 Å². The molecule has 26 heavy (non-hydrogen) atoms. The molecule has 0 radical (unpaired) electrons. The number of aromatic nitrogens is 1. The van der Waals surface area contributed by atoms with E-state index in [1.807, 2.05) is 60.4 Å². The van der Waals surface area contributed by atoms with E-state index in [1.165, 1.54) is 0 Å². The van der Waals surface area contributed by atoms with Crippen molar-refractivity contribution in [1.82, 2.24) is 0 Å². The van der Waals surface area contributed by atoms with Gasteiger partial charge in [0.1, 0.15) is 19.4 Å². The normalized spacial score (nSPS) is 10.5. The highest BCUT2D eigenvalue weighted by atomic mass is 16.5. The summed E-state index contributed by atoms with van der Waals surface area (Å²) in [6.45, 7) is 4.99. The highest BCUT2D eigenvalue weighted by Crippen LogP contribution is 2.15. The van der Waals surface area contributed by atoms with Crippen molar-refractivity contribution in [1.29, 1.82) is 0 Å². The summed E-state index contributed by atoms with van der Waals surface area (Å²) < 4.78 is 12.0. The second-order valence-corrected chi connectivity index (χ2v) is 5.84. The Morgan fingerprint density at radius 3 is 2.19 bits per heavy atom. The van der Waals surface area contributed by atoms with Crippen molar-refractivity contribution in [3.63, 3.8) is 0 Å². The van der Waals surface area contributed by atoms with Gasteiger partial charge in [-0.15, -0.1) is 0 Å². The van der Waals surface area contributed by atoms with Crippen LogP contribution in [0.2, 0.25) is 0 Å². The second kappa shape index (κ2) is 9.32. The van der Waals surface area contributed by atoms with E-state index in [9.17, 15) is 9.59 Å². The third kappa shape index (κ3) is 6.36. The molecule has 2 aromatic rings. The Labute approximate surface area is 153 Å². The Morgan fingerprint density at radius 2 is 1.62 bits per heavy atom. The Morgan fingerprint density at radius 1 is 1.04 bits per heavy atom. The van der Waals surface area contributed by atoms with Crippen LogP contribution in [-0.4, -0.2) is 18.5 Å². The summed E-state index contributed by atoms with van der Waals surface area (Å²) in [7, 11) is 1.97. The van der Waals surface area contributed by atoms with Gasteiger partial charge in [0.2, 0.25) is 0 Å². The molecule has 1 aromatic carbocycles. The van der Waals surface area contributed by atoms with Gasteiger partial charge in [-0.3, -0.25) is 4.79 Å². The number of esters is 2. The van der Waals surface area contributed by atoms with Crippen molar-refractivity contribution in [3.05, 3.63) is 72.1 Å². The summed E-state index contributed by atoms with van der Waals surface area (Å²) in [4.78, 5) is 23.0. The van der Waals surface area contributed by atoms with Gasteiger partial charge in [0.15, 0.2) is 12.4 Å². The summed E-state index contributed by atoms with van der Waals surface area (Å²) in [5.74, 6) is -0.522. The number of carbonyl (C=O) groups is 2. The molecule has 0 fully saturated rings. The number of pyridine rings is 1. The smallest absolute Gasteiger partial charge is 0.333 e. The molecule has 0 saturated heterocycles. The SMILES string of the molecule is C=C(C)C(=O)OCCC(=O)Oc1ccc(C=Cc2cc[n+](C)cc2)cc1. The number of hydrogen-bond acceptors (Lipinski definition) is 4. The van der Waals surface area contributed by atoms with Crippen molar-refractivity contribution in [2.24, 2.45) is 7.05 Å². The zero-order chi connectivity index (χ0) is 18.9. The second-order valence-electron chi connectivity index (χ2n) is 5.84. The summed E-state index contributed by atoms with van der Waals surface area (Å²) in [5, 5.41) is 0. The molecule has 0 atom stereocenters. The van der Waals surface area contributed by atoms with Crippen LogP contribution in [0, 0.1) is 0 Å². The quantitative estimate of drug-likeness (QED) is 0.333. The van der Waals surface area contributed by atoms with Crippen molar-refractivity contribution < 1.29 is 23.6 Å². The lowest BCUT2D eigenvalue weighted by Crippen LogP contribution is -2.25. The van der Waals surface area contributed by atoms with Gasteiger partial charge in [-0.1, -0.05) is 30.9 Å². The average molecular weight is 352 g/mol. The molecule has 2 rings (SSSR count). The van der Waals surface area contributed by atoms with Gasteiger partial charge in [-0.25, -0.2) is 9.36 Å². The van der Waals surface area contributed by atoms with Crippen LogP contribution in [-0.2, 0) is 21.4 Å². The number of rotatable bonds is 7. The monoisotopic (exact) mass is 352 g/mol. The van der Waals surface area contributed by atoms with E-state index in [1.54, 1.807) is 19.1 Å². The summed E-state index contributed by atoms with van der Waals surface area (Å²) >= 11 is 0. The van der Waals surface area contributed by atoms with E-state index in [0.29, 0.717) is 11.3 Å². The maximum Gasteiger partial charge on any atom is 0.333 e. The number of carbonyl (C=O) groups excluding carboxylic acids is 2. The van der Waals surface area contributed by atoms with Gasteiger partial charge in [0, 0.05) is 17.7 Å². The highest BCUT2D eigenvalue weighted by Gasteiger charge is 2.08. The molecule has 0 amide bonds. The summed E-state index contributed by atoms with van der Waals surface area (Å²) in [5.41, 5.74) is 2.39. The van der Waals surface area contributed by atoms with Crippen LogP contribution in [0.5, 0.6) is 5.75 Å². The first kappa shape index (κ1) is 19.1. The minimum absolute atomic E-state index is 0.00783. The molecule has 0 bridgehead atoms. The van der Waals surface area contributed by atoms with Crippen LogP contribution >= 0.6 is 0 Å². The van der Waals surface area contributed by atoms with Gasteiger partial charge in [0.25, 0.3) is 0 Å². The van der Waals surface area contributed by atoms with Crippen molar-refractivity contribution in [2.75, 3.05) is 6.61 Å². The molecule has 0 saturated carbocycles. The number of ether oxygens (including phenoxy) is 2. The number of nitrogens with zero attached hydrogens (tertiary/aromatic N) is 1. The van der Waals surface area contributed by atoms with Gasteiger partial charge in [0.05, 0.1) is 6.42 Å². The van der Waals surface area contributed by atoms with Crippen LogP contribution in [0.15, 0.2) is 60.9 Å². The molecule has 5 heteroatoms. The Balaban J connectivity index is 1.83. The first-order valence-corrected chi connectivity index (χ1v) is 8.21. The topological polar surface area (TPSA) is 56.5 Å². The van der Waals surface area contributed by atoms with Gasteiger partial charge >= 0.3 is 11.9 Å². The number of hydrogen-bond donors (Lipinski definition) is 0. The molecule has 5 nitrogen and oxygen atoms in total. The van der Waals surface area contributed by atoms with Gasteiger partial charge in [-0.05, 0) is 30.2 Å².